The number of thiazole rings is 1. The van der Waals surface area contributed by atoms with Gasteiger partial charge in [0, 0.05) is 24.2 Å². The smallest absolute Gasteiger partial charge is 0.387 e. The first-order chi connectivity index (χ1) is 12.9. The summed E-state index contributed by atoms with van der Waals surface area (Å²) in [5.41, 5.74) is 0.0643. The molecule has 1 atom stereocenters. The largest absolute Gasteiger partial charge is 0.434 e. The number of piperidine rings is 1. The van der Waals surface area contributed by atoms with E-state index in [0.717, 1.165) is 4.88 Å². The predicted molar refractivity (Wildman–Crippen MR) is 97.2 cm³/mol. The average Bonchev–Trinajstić information content (AvgIpc) is 3.06. The molecule has 1 aromatic heterocycles. The number of rotatable bonds is 5. The molecule has 2 amide bonds. The van der Waals surface area contributed by atoms with Crippen LogP contribution in [0.15, 0.2) is 30.5 Å². The molecule has 1 unspecified atom stereocenters. The molecule has 6 nitrogen and oxygen atoms in total. The second-order valence-corrected chi connectivity index (χ2v) is 7.47. The fraction of sp³-hybridized carbons (Fsp3) is 0.389. The number of carbonyl (C=O) groups excluding carboxylic acids is 2. The van der Waals surface area contributed by atoms with Gasteiger partial charge in [-0.1, -0.05) is 12.1 Å². The van der Waals surface area contributed by atoms with Crippen LogP contribution < -0.4 is 10.1 Å². The molecule has 0 radical (unpaired) electrons. The predicted octanol–water partition coefficient (Wildman–Crippen LogP) is 3.54. The maximum absolute atomic E-state index is 12.8. The maximum atomic E-state index is 12.8. The van der Waals surface area contributed by atoms with E-state index in [1.54, 1.807) is 12.3 Å². The lowest BCUT2D eigenvalue weighted by Crippen LogP contribution is -2.43. The quantitative estimate of drug-likeness (QED) is 0.841. The molecule has 0 aliphatic carbocycles. The lowest BCUT2D eigenvalue weighted by atomic mass is 9.96. The minimum Gasteiger partial charge on any atom is -0.434 e. The van der Waals surface area contributed by atoms with E-state index in [9.17, 15) is 18.4 Å². The highest BCUT2D eigenvalue weighted by atomic mass is 32.1. The van der Waals surface area contributed by atoms with Gasteiger partial charge in [0.2, 0.25) is 5.91 Å². The van der Waals surface area contributed by atoms with Crippen molar-refractivity contribution >= 4 is 28.3 Å². The Morgan fingerprint density at radius 1 is 1.37 bits per heavy atom. The maximum Gasteiger partial charge on any atom is 0.387 e. The molecule has 9 heteroatoms. The lowest BCUT2D eigenvalue weighted by molar-refractivity contribution is -0.121. The van der Waals surface area contributed by atoms with Crippen LogP contribution in [0.5, 0.6) is 5.75 Å². The molecule has 1 fully saturated rings. The van der Waals surface area contributed by atoms with Gasteiger partial charge in [-0.05, 0) is 31.9 Å². The van der Waals surface area contributed by atoms with Crippen LogP contribution in [0.1, 0.15) is 28.1 Å². The van der Waals surface area contributed by atoms with Gasteiger partial charge < -0.3 is 15.0 Å². The van der Waals surface area contributed by atoms with E-state index in [2.05, 4.69) is 15.0 Å². The van der Waals surface area contributed by atoms with Crippen LogP contribution in [0.4, 0.5) is 13.9 Å². The summed E-state index contributed by atoms with van der Waals surface area (Å²) in [6.45, 7) is -0.437. The highest BCUT2D eigenvalue weighted by molar-refractivity contribution is 7.15. The Kier molecular flexibility index (Phi) is 6.00. The van der Waals surface area contributed by atoms with Crippen molar-refractivity contribution in [2.75, 3.05) is 18.4 Å². The van der Waals surface area contributed by atoms with Crippen molar-refractivity contribution in [3.63, 3.8) is 0 Å². The molecular weight excluding hydrogens is 376 g/mol. The first-order valence-electron chi connectivity index (χ1n) is 8.50. The minimum atomic E-state index is -3.01. The third-order valence-corrected chi connectivity index (χ3v) is 5.09. The number of alkyl halides is 2. The molecule has 1 N–H and O–H groups in total. The van der Waals surface area contributed by atoms with Crippen LogP contribution in [0.25, 0.3) is 0 Å². The number of likely N-dealkylation sites (tertiary alicyclic amines) is 1. The Morgan fingerprint density at radius 3 is 2.85 bits per heavy atom. The van der Waals surface area contributed by atoms with Crippen molar-refractivity contribution in [2.45, 2.75) is 26.4 Å². The molecule has 1 aliphatic heterocycles. The van der Waals surface area contributed by atoms with Gasteiger partial charge in [-0.25, -0.2) is 4.98 Å². The lowest BCUT2D eigenvalue weighted by Gasteiger charge is -2.32. The highest BCUT2D eigenvalue weighted by Crippen LogP contribution is 2.26. The summed E-state index contributed by atoms with van der Waals surface area (Å²) in [6.07, 6.45) is 2.98. The molecule has 1 aliphatic rings. The third-order valence-electron chi connectivity index (χ3n) is 4.26. The second-order valence-electron chi connectivity index (χ2n) is 6.23. The number of carbonyl (C=O) groups is 2. The summed E-state index contributed by atoms with van der Waals surface area (Å²) in [5, 5.41) is 3.30. The summed E-state index contributed by atoms with van der Waals surface area (Å²) in [6, 6.07) is 5.89. The number of aryl methyl sites for hydroxylation is 1. The molecule has 2 heterocycles. The van der Waals surface area contributed by atoms with E-state index in [1.807, 2.05) is 6.92 Å². The standard InChI is InChI=1S/C18H19F2N3O3S/c1-11-9-21-18(27-11)22-15(24)12-5-4-8-23(10-12)16(25)13-6-2-3-7-14(13)26-17(19)20/h2-3,6-7,9,12,17H,4-5,8,10H2,1H3,(H,21,22,24). The summed E-state index contributed by atoms with van der Waals surface area (Å²) in [7, 11) is 0. The number of anilines is 1. The van der Waals surface area contributed by atoms with E-state index in [0.29, 0.717) is 24.5 Å². The average molecular weight is 395 g/mol. The normalized spacial score (nSPS) is 17.0. The Balaban J connectivity index is 1.69. The van der Waals surface area contributed by atoms with E-state index >= 15 is 0 Å². The number of halogens is 2. The number of hydrogen-bond acceptors (Lipinski definition) is 5. The molecule has 1 saturated heterocycles. The minimum absolute atomic E-state index is 0.0643. The SMILES string of the molecule is Cc1cnc(NC(=O)C2CCCN(C(=O)c3ccccc3OC(F)F)C2)s1. The molecule has 2 aromatic rings. The molecule has 0 bridgehead atoms. The number of para-hydroxylation sites is 1. The van der Waals surface area contributed by atoms with Crippen molar-refractivity contribution in [1.82, 2.24) is 9.88 Å². The molecule has 3 rings (SSSR count). The number of nitrogens with zero attached hydrogens (tertiary/aromatic N) is 2. The van der Waals surface area contributed by atoms with Crippen LogP contribution in [-0.4, -0.2) is 41.4 Å². The Labute approximate surface area is 159 Å². The van der Waals surface area contributed by atoms with E-state index < -0.39 is 12.5 Å². The zero-order valence-electron chi connectivity index (χ0n) is 14.7. The van der Waals surface area contributed by atoms with Gasteiger partial charge in [0.05, 0.1) is 11.5 Å². The van der Waals surface area contributed by atoms with Crippen molar-refractivity contribution in [3.05, 3.63) is 40.9 Å². The van der Waals surface area contributed by atoms with Gasteiger partial charge >= 0.3 is 6.61 Å². The molecule has 1 aromatic carbocycles. The van der Waals surface area contributed by atoms with Crippen LogP contribution in [0, 0.1) is 12.8 Å². The fourth-order valence-electron chi connectivity index (χ4n) is 3.01. The summed E-state index contributed by atoms with van der Waals surface area (Å²) < 4.78 is 29.6. The summed E-state index contributed by atoms with van der Waals surface area (Å²) in [5.74, 6) is -1.16. The number of ether oxygens (including phenoxy) is 1. The van der Waals surface area contributed by atoms with Crippen LogP contribution >= 0.6 is 11.3 Å². The van der Waals surface area contributed by atoms with E-state index in [4.69, 9.17) is 0 Å². The number of benzene rings is 1. The van der Waals surface area contributed by atoms with E-state index in [-0.39, 0.29) is 29.7 Å². The monoisotopic (exact) mass is 395 g/mol. The fourth-order valence-corrected chi connectivity index (χ4v) is 3.68. The molecule has 144 valence electrons. The van der Waals surface area contributed by atoms with Crippen LogP contribution in [0.2, 0.25) is 0 Å². The van der Waals surface area contributed by atoms with Crippen molar-refractivity contribution in [1.29, 1.82) is 0 Å². The van der Waals surface area contributed by atoms with E-state index in [1.165, 1.54) is 34.4 Å². The van der Waals surface area contributed by atoms with Gasteiger partial charge in [0.25, 0.3) is 5.91 Å². The molecular formula is C18H19F2N3O3S. The van der Waals surface area contributed by atoms with Crippen LogP contribution in [-0.2, 0) is 4.79 Å². The second kappa shape index (κ2) is 8.43. The summed E-state index contributed by atoms with van der Waals surface area (Å²) in [4.78, 5) is 31.9. The van der Waals surface area contributed by atoms with Crippen LogP contribution in [0.3, 0.4) is 0 Å². The molecule has 27 heavy (non-hydrogen) atoms. The summed E-state index contributed by atoms with van der Waals surface area (Å²) >= 11 is 1.38. The highest BCUT2D eigenvalue weighted by Gasteiger charge is 2.30. The number of amides is 2. The Bertz CT molecular complexity index is 828. The Morgan fingerprint density at radius 2 is 2.15 bits per heavy atom. The zero-order valence-corrected chi connectivity index (χ0v) is 15.5. The van der Waals surface area contributed by atoms with Gasteiger partial charge in [-0.2, -0.15) is 8.78 Å². The molecule has 0 saturated carbocycles. The molecule has 0 spiro atoms. The third kappa shape index (κ3) is 4.79. The Hall–Kier alpha value is -2.55. The van der Waals surface area contributed by atoms with Crippen molar-refractivity contribution < 1.29 is 23.1 Å². The zero-order chi connectivity index (χ0) is 19.4. The number of hydrogen-bond donors (Lipinski definition) is 1. The topological polar surface area (TPSA) is 71.5 Å². The van der Waals surface area contributed by atoms with Gasteiger partial charge in [0.15, 0.2) is 5.13 Å². The van der Waals surface area contributed by atoms with Crippen molar-refractivity contribution in [2.24, 2.45) is 5.92 Å². The first-order valence-corrected chi connectivity index (χ1v) is 9.32. The first kappa shape index (κ1) is 19.2. The number of nitrogens with one attached hydrogen (secondary N) is 1. The number of aromatic nitrogens is 1. The van der Waals surface area contributed by atoms with Crippen molar-refractivity contribution in [3.8, 4) is 5.75 Å². The van der Waals surface area contributed by atoms with Gasteiger partial charge in [-0.3, -0.25) is 9.59 Å². The van der Waals surface area contributed by atoms with Gasteiger partial charge in [0.1, 0.15) is 5.75 Å². The van der Waals surface area contributed by atoms with Gasteiger partial charge in [-0.15, -0.1) is 11.3 Å².